The minimum absolute atomic E-state index is 0.138. The molecule has 1 saturated heterocycles. The number of hydrogen-bond acceptors (Lipinski definition) is 3. The lowest BCUT2D eigenvalue weighted by atomic mass is 9.48. The molecule has 3 saturated carbocycles. The van der Waals surface area contributed by atoms with Crippen molar-refractivity contribution in [2.75, 3.05) is 13.2 Å². The summed E-state index contributed by atoms with van der Waals surface area (Å²) in [5, 5.41) is 0. The maximum atomic E-state index is 11.5. The molecule has 6 atom stereocenters. The number of hydrogen-bond donors (Lipinski definition) is 0. The number of fused-ring (bicyclic) bond motifs is 5. The molecule has 6 unspecified atom stereocenters. The Morgan fingerprint density at radius 2 is 1.86 bits per heavy atom. The predicted octanol–water partition coefficient (Wildman–Crippen LogP) is 4.40. The second-order valence-corrected chi connectivity index (χ2v) is 8.59. The van der Waals surface area contributed by atoms with Crippen LogP contribution in [-0.2, 0) is 9.47 Å². The number of carbonyl (C=O) groups is 1. The largest absolute Gasteiger partial charge is 0.508 e. The summed E-state index contributed by atoms with van der Waals surface area (Å²) in [5.74, 6) is 2.98. The summed E-state index contributed by atoms with van der Waals surface area (Å²) >= 11 is 0. The number of carbonyl (C=O) groups excluding carboxylic acids is 1. The van der Waals surface area contributed by atoms with E-state index in [0.29, 0.717) is 24.5 Å². The molecule has 0 radical (unpaired) electrons. The maximum Gasteiger partial charge on any atom is 0.508 e. The smallest absolute Gasteiger partial charge is 0.434 e. The Balaban J connectivity index is 1.64. The van der Waals surface area contributed by atoms with E-state index >= 15 is 0 Å². The van der Waals surface area contributed by atoms with Crippen LogP contribution in [0.3, 0.4) is 0 Å². The van der Waals surface area contributed by atoms with E-state index in [-0.39, 0.29) is 5.41 Å². The third kappa shape index (κ3) is 1.95. The van der Waals surface area contributed by atoms with Crippen LogP contribution in [0.15, 0.2) is 0 Å². The predicted molar refractivity (Wildman–Crippen MR) is 79.8 cm³/mol. The van der Waals surface area contributed by atoms with Gasteiger partial charge in [-0.2, -0.15) is 0 Å². The van der Waals surface area contributed by atoms with Gasteiger partial charge in [-0.25, -0.2) is 4.79 Å². The highest BCUT2D eigenvalue weighted by Gasteiger charge is 2.58. The van der Waals surface area contributed by atoms with E-state index in [1.807, 2.05) is 0 Å². The van der Waals surface area contributed by atoms with Crippen molar-refractivity contribution in [3.05, 3.63) is 0 Å². The molecule has 0 bridgehead atoms. The van der Waals surface area contributed by atoms with E-state index < -0.39 is 6.16 Å². The first-order chi connectivity index (χ1) is 10.0. The van der Waals surface area contributed by atoms with Crippen LogP contribution in [0, 0.1) is 34.5 Å². The Labute approximate surface area is 127 Å². The monoisotopic (exact) mass is 292 g/mol. The summed E-state index contributed by atoms with van der Waals surface area (Å²) < 4.78 is 10.7. The van der Waals surface area contributed by atoms with E-state index in [1.165, 1.54) is 44.9 Å². The highest BCUT2D eigenvalue weighted by atomic mass is 16.7. The fraction of sp³-hybridized carbons (Fsp3) is 0.944. The van der Waals surface area contributed by atoms with Crippen molar-refractivity contribution >= 4 is 6.16 Å². The normalized spacial score (nSPS) is 52.8. The Morgan fingerprint density at radius 1 is 1.00 bits per heavy atom. The van der Waals surface area contributed by atoms with Crippen molar-refractivity contribution in [1.82, 2.24) is 0 Å². The van der Waals surface area contributed by atoms with Crippen LogP contribution in [-0.4, -0.2) is 19.4 Å². The topological polar surface area (TPSA) is 35.5 Å². The molecule has 0 aromatic rings. The number of ether oxygens (including phenoxy) is 2. The van der Waals surface area contributed by atoms with Crippen molar-refractivity contribution in [2.24, 2.45) is 34.5 Å². The molecule has 4 aliphatic rings. The SMILES string of the molecule is CC12CCCC1C1CCC3COC(=O)OCC3(C)C1CC2. The molecule has 3 nitrogen and oxygen atoms in total. The Morgan fingerprint density at radius 3 is 2.71 bits per heavy atom. The minimum atomic E-state index is -0.455. The minimum Gasteiger partial charge on any atom is -0.434 e. The zero-order valence-electron chi connectivity index (χ0n) is 13.4. The molecule has 0 amide bonds. The first-order valence-corrected chi connectivity index (χ1v) is 8.82. The number of cyclic esters (lactones) is 2. The zero-order valence-corrected chi connectivity index (χ0v) is 13.4. The average Bonchev–Trinajstić information content (AvgIpc) is 2.79. The molecule has 3 heteroatoms. The molecule has 118 valence electrons. The van der Waals surface area contributed by atoms with Gasteiger partial charge in [-0.05, 0) is 61.7 Å². The molecule has 1 heterocycles. The van der Waals surface area contributed by atoms with E-state index in [1.54, 1.807) is 0 Å². The molecule has 1 aliphatic heterocycles. The van der Waals surface area contributed by atoms with Gasteiger partial charge >= 0.3 is 6.16 Å². The van der Waals surface area contributed by atoms with E-state index in [9.17, 15) is 4.79 Å². The molecule has 4 fully saturated rings. The molecular weight excluding hydrogens is 264 g/mol. The zero-order chi connectivity index (χ0) is 14.7. The summed E-state index contributed by atoms with van der Waals surface area (Å²) in [6.45, 7) is 6.04. The van der Waals surface area contributed by atoms with Gasteiger partial charge < -0.3 is 9.47 Å². The van der Waals surface area contributed by atoms with Gasteiger partial charge in [0.05, 0.1) is 6.61 Å². The molecule has 3 aliphatic carbocycles. The summed E-state index contributed by atoms with van der Waals surface area (Å²) in [6.07, 6.45) is 9.06. The molecule has 0 N–H and O–H groups in total. The van der Waals surface area contributed by atoms with Gasteiger partial charge in [0.2, 0.25) is 0 Å². The van der Waals surface area contributed by atoms with Crippen LogP contribution in [0.2, 0.25) is 0 Å². The Hall–Kier alpha value is -0.730. The standard InChI is InChI=1S/C18H28O3/c1-17-8-3-4-14(17)13-6-5-12-10-20-16(19)21-11-18(12,2)15(13)7-9-17/h12-15H,3-11H2,1-2H3. The van der Waals surface area contributed by atoms with Gasteiger partial charge in [0.15, 0.2) is 0 Å². The third-order valence-corrected chi connectivity index (χ3v) is 7.75. The van der Waals surface area contributed by atoms with E-state index in [4.69, 9.17) is 9.47 Å². The van der Waals surface area contributed by atoms with Crippen molar-refractivity contribution in [1.29, 1.82) is 0 Å². The lowest BCUT2D eigenvalue weighted by molar-refractivity contribution is -0.103. The second-order valence-electron chi connectivity index (χ2n) is 8.59. The van der Waals surface area contributed by atoms with Crippen LogP contribution in [0.5, 0.6) is 0 Å². The summed E-state index contributed by atoms with van der Waals surface area (Å²) in [4.78, 5) is 11.5. The van der Waals surface area contributed by atoms with Crippen molar-refractivity contribution < 1.29 is 14.3 Å². The molecule has 0 aromatic heterocycles. The van der Waals surface area contributed by atoms with Crippen molar-refractivity contribution in [3.63, 3.8) is 0 Å². The van der Waals surface area contributed by atoms with Crippen molar-refractivity contribution in [2.45, 2.75) is 58.8 Å². The maximum absolute atomic E-state index is 11.5. The Bertz CT molecular complexity index is 448. The van der Waals surface area contributed by atoms with Gasteiger partial charge in [-0.15, -0.1) is 0 Å². The van der Waals surface area contributed by atoms with E-state index in [0.717, 1.165) is 17.8 Å². The van der Waals surface area contributed by atoms with Gasteiger partial charge in [0.25, 0.3) is 0 Å². The second kappa shape index (κ2) is 4.63. The highest BCUT2D eigenvalue weighted by molar-refractivity contribution is 5.60. The molecule has 4 rings (SSSR count). The molecule has 21 heavy (non-hydrogen) atoms. The molecule has 0 aromatic carbocycles. The number of rotatable bonds is 0. The van der Waals surface area contributed by atoms with Crippen LogP contribution in [0.4, 0.5) is 4.79 Å². The summed E-state index contributed by atoms with van der Waals surface area (Å²) in [7, 11) is 0. The quantitative estimate of drug-likeness (QED) is 0.621. The fourth-order valence-electron chi connectivity index (χ4n) is 6.45. The third-order valence-electron chi connectivity index (χ3n) is 7.75. The highest BCUT2D eigenvalue weighted by Crippen LogP contribution is 2.64. The van der Waals surface area contributed by atoms with Crippen LogP contribution < -0.4 is 0 Å². The van der Waals surface area contributed by atoms with Gasteiger partial charge in [-0.3, -0.25) is 0 Å². The van der Waals surface area contributed by atoms with Gasteiger partial charge in [-0.1, -0.05) is 20.3 Å². The van der Waals surface area contributed by atoms with Gasteiger partial charge in [0, 0.05) is 11.3 Å². The van der Waals surface area contributed by atoms with E-state index in [2.05, 4.69) is 13.8 Å². The fourth-order valence-corrected chi connectivity index (χ4v) is 6.45. The molecular formula is C18H28O3. The van der Waals surface area contributed by atoms with Crippen LogP contribution >= 0.6 is 0 Å². The lowest BCUT2D eigenvalue weighted by Crippen LogP contribution is -2.52. The Kier molecular flexibility index (Phi) is 3.07. The van der Waals surface area contributed by atoms with Crippen LogP contribution in [0.1, 0.15) is 58.8 Å². The summed E-state index contributed by atoms with van der Waals surface area (Å²) in [6, 6.07) is 0. The first kappa shape index (κ1) is 13.9. The first-order valence-electron chi connectivity index (χ1n) is 8.82. The van der Waals surface area contributed by atoms with Crippen molar-refractivity contribution in [3.8, 4) is 0 Å². The summed E-state index contributed by atoms with van der Waals surface area (Å²) in [5.41, 5.74) is 0.737. The van der Waals surface area contributed by atoms with Crippen LogP contribution in [0.25, 0.3) is 0 Å². The average molecular weight is 292 g/mol. The lowest BCUT2D eigenvalue weighted by Gasteiger charge is -2.57. The van der Waals surface area contributed by atoms with Gasteiger partial charge in [0.1, 0.15) is 6.61 Å². The molecule has 0 spiro atoms.